The van der Waals surface area contributed by atoms with Gasteiger partial charge in [0.05, 0.1) is 20.6 Å². The van der Waals surface area contributed by atoms with Gasteiger partial charge in [0.1, 0.15) is 12.6 Å². The van der Waals surface area contributed by atoms with Crippen LogP contribution in [-0.4, -0.2) is 81.4 Å². The highest BCUT2D eigenvalue weighted by Crippen LogP contribution is 2.31. The number of carbonyl (C=O) groups excluding carboxylic acids is 2. The molecule has 0 aromatic carbocycles. The van der Waals surface area contributed by atoms with Crippen LogP contribution in [0.25, 0.3) is 0 Å². The molecule has 7 nitrogen and oxygen atoms in total. The summed E-state index contributed by atoms with van der Waals surface area (Å²) in [7, 11) is 6.17. The summed E-state index contributed by atoms with van der Waals surface area (Å²) in [6, 6.07) is 0. The van der Waals surface area contributed by atoms with E-state index in [9.17, 15) is 14.7 Å². The maximum Gasteiger partial charge on any atom is 0.219 e. The molecule has 0 rings (SSSR count). The van der Waals surface area contributed by atoms with Crippen LogP contribution in [0.15, 0.2) is 0 Å². The molecular formula is C24H51N4O3+. The molecule has 31 heavy (non-hydrogen) atoms. The van der Waals surface area contributed by atoms with E-state index in [1.807, 2.05) is 7.05 Å². The third-order valence-corrected chi connectivity index (χ3v) is 6.28. The second kappa shape index (κ2) is 15.6. The third kappa shape index (κ3) is 16.2. The standard InChI is InChI=1S/C24H50N4O3/c1-20(2)24(3,4)18-21(29)19-28(6,7)17-11-16-27-23(31)13-9-8-12-22(30)26-15-10-14-25-5/h20-21,25,29H,8-19H2,1-7H3,(H-,26,27,30,31)/p+1. The molecule has 1 atom stereocenters. The summed E-state index contributed by atoms with van der Waals surface area (Å²) in [6.45, 7) is 12.7. The number of aliphatic hydroxyl groups excluding tert-OH is 1. The summed E-state index contributed by atoms with van der Waals surface area (Å²) < 4.78 is 0.745. The van der Waals surface area contributed by atoms with Crippen molar-refractivity contribution in [1.29, 1.82) is 0 Å². The van der Waals surface area contributed by atoms with E-state index in [4.69, 9.17) is 0 Å². The van der Waals surface area contributed by atoms with Gasteiger partial charge in [-0.1, -0.05) is 27.7 Å². The van der Waals surface area contributed by atoms with Crippen LogP contribution in [0.2, 0.25) is 0 Å². The van der Waals surface area contributed by atoms with Crippen molar-refractivity contribution in [3.63, 3.8) is 0 Å². The van der Waals surface area contributed by atoms with Gasteiger partial charge in [0.15, 0.2) is 0 Å². The van der Waals surface area contributed by atoms with Crippen LogP contribution in [0.3, 0.4) is 0 Å². The predicted molar refractivity (Wildman–Crippen MR) is 129 cm³/mol. The quantitative estimate of drug-likeness (QED) is 0.193. The average Bonchev–Trinajstić information content (AvgIpc) is 2.64. The first-order valence-corrected chi connectivity index (χ1v) is 12.1. The van der Waals surface area contributed by atoms with Gasteiger partial charge >= 0.3 is 0 Å². The molecule has 2 amide bonds. The van der Waals surface area contributed by atoms with Gasteiger partial charge in [-0.25, -0.2) is 0 Å². The van der Waals surface area contributed by atoms with E-state index in [2.05, 4.69) is 57.7 Å². The Bertz CT molecular complexity index is 507. The zero-order valence-electron chi connectivity index (χ0n) is 21.4. The van der Waals surface area contributed by atoms with Gasteiger partial charge in [0.2, 0.25) is 11.8 Å². The Morgan fingerprint density at radius 3 is 1.90 bits per heavy atom. The Balaban J connectivity index is 3.88. The van der Waals surface area contributed by atoms with Crippen LogP contribution < -0.4 is 16.0 Å². The summed E-state index contributed by atoms with van der Waals surface area (Å²) in [5, 5.41) is 19.4. The van der Waals surface area contributed by atoms with Gasteiger partial charge in [-0.15, -0.1) is 0 Å². The molecule has 184 valence electrons. The van der Waals surface area contributed by atoms with Gasteiger partial charge in [0.25, 0.3) is 0 Å². The molecule has 0 aliphatic rings. The highest BCUT2D eigenvalue weighted by atomic mass is 16.3. The number of aliphatic hydroxyl groups is 1. The van der Waals surface area contributed by atoms with E-state index in [1.165, 1.54) is 0 Å². The van der Waals surface area contributed by atoms with Crippen LogP contribution >= 0.6 is 0 Å². The third-order valence-electron chi connectivity index (χ3n) is 6.28. The van der Waals surface area contributed by atoms with Crippen molar-refractivity contribution in [3.05, 3.63) is 0 Å². The Hall–Kier alpha value is -1.18. The van der Waals surface area contributed by atoms with Crippen molar-refractivity contribution in [2.75, 3.05) is 53.9 Å². The molecule has 0 saturated carbocycles. The van der Waals surface area contributed by atoms with Crippen LogP contribution in [-0.2, 0) is 9.59 Å². The van der Waals surface area contributed by atoms with Crippen LogP contribution in [0.1, 0.15) is 72.6 Å². The molecule has 1 unspecified atom stereocenters. The minimum absolute atomic E-state index is 0.0541. The van der Waals surface area contributed by atoms with Gasteiger partial charge in [-0.3, -0.25) is 9.59 Å². The number of hydrogen-bond donors (Lipinski definition) is 4. The summed E-state index contributed by atoms with van der Waals surface area (Å²) in [4.78, 5) is 23.7. The average molecular weight is 444 g/mol. The monoisotopic (exact) mass is 443 g/mol. The SMILES string of the molecule is CNCCCNC(=O)CCCCC(=O)NCCC[N+](C)(C)CC(O)CC(C)(C)C(C)C. The molecule has 0 radical (unpaired) electrons. The molecule has 0 heterocycles. The largest absolute Gasteiger partial charge is 0.387 e. The van der Waals surface area contributed by atoms with Crippen LogP contribution in [0, 0.1) is 11.3 Å². The lowest BCUT2D eigenvalue weighted by Crippen LogP contribution is -2.47. The van der Waals surface area contributed by atoms with E-state index < -0.39 is 0 Å². The van der Waals surface area contributed by atoms with E-state index in [0.717, 1.165) is 56.2 Å². The van der Waals surface area contributed by atoms with Crippen molar-refractivity contribution in [1.82, 2.24) is 16.0 Å². The fourth-order valence-electron chi connectivity index (χ4n) is 3.55. The first-order valence-electron chi connectivity index (χ1n) is 12.1. The molecule has 7 heteroatoms. The lowest BCUT2D eigenvalue weighted by molar-refractivity contribution is -0.893. The van der Waals surface area contributed by atoms with Gasteiger partial charge in [-0.2, -0.15) is 0 Å². The number of rotatable bonds is 18. The zero-order chi connectivity index (χ0) is 23.9. The van der Waals surface area contributed by atoms with Crippen molar-refractivity contribution < 1.29 is 19.2 Å². The molecule has 0 bridgehead atoms. The maximum atomic E-state index is 12.0. The molecule has 0 saturated heterocycles. The fourth-order valence-corrected chi connectivity index (χ4v) is 3.55. The Labute approximate surface area is 191 Å². The molecule has 0 fully saturated rings. The number of unbranched alkanes of at least 4 members (excludes halogenated alkanes) is 1. The molecule has 0 spiro atoms. The second-order valence-electron chi connectivity index (χ2n) is 10.6. The summed E-state index contributed by atoms with van der Waals surface area (Å²) in [6.07, 6.45) is 4.71. The maximum absolute atomic E-state index is 12.0. The van der Waals surface area contributed by atoms with Gasteiger partial charge < -0.3 is 25.5 Å². The number of hydrogen-bond acceptors (Lipinski definition) is 4. The van der Waals surface area contributed by atoms with Gasteiger partial charge in [-0.05, 0) is 50.6 Å². The topological polar surface area (TPSA) is 90.5 Å². The number of likely N-dealkylation sites (N-methyl/N-ethyl adjacent to an activating group) is 1. The van der Waals surface area contributed by atoms with E-state index in [1.54, 1.807) is 0 Å². The van der Waals surface area contributed by atoms with Crippen molar-refractivity contribution in [2.24, 2.45) is 11.3 Å². The summed E-state index contributed by atoms with van der Waals surface area (Å²) in [5.74, 6) is 0.652. The number of quaternary nitrogens is 1. The smallest absolute Gasteiger partial charge is 0.219 e. The molecule has 4 N–H and O–H groups in total. The molecule has 0 aliphatic heterocycles. The number of carbonyl (C=O) groups is 2. The van der Waals surface area contributed by atoms with E-state index >= 15 is 0 Å². The first kappa shape index (κ1) is 29.8. The molecule has 0 aromatic heterocycles. The summed E-state index contributed by atoms with van der Waals surface area (Å²) >= 11 is 0. The predicted octanol–water partition coefficient (Wildman–Crippen LogP) is 2.29. The Morgan fingerprint density at radius 1 is 0.903 bits per heavy atom. The lowest BCUT2D eigenvalue weighted by Gasteiger charge is -2.36. The normalized spacial score (nSPS) is 13.3. The lowest BCUT2D eigenvalue weighted by atomic mass is 9.76. The van der Waals surface area contributed by atoms with Crippen molar-refractivity contribution >= 4 is 11.8 Å². The number of amides is 2. The van der Waals surface area contributed by atoms with E-state index in [-0.39, 0.29) is 23.3 Å². The summed E-state index contributed by atoms with van der Waals surface area (Å²) in [5.41, 5.74) is 0.126. The van der Waals surface area contributed by atoms with Crippen molar-refractivity contribution in [3.8, 4) is 0 Å². The highest BCUT2D eigenvalue weighted by molar-refractivity contribution is 5.77. The number of nitrogens with one attached hydrogen (secondary N) is 3. The van der Waals surface area contributed by atoms with Crippen LogP contribution in [0.4, 0.5) is 0 Å². The van der Waals surface area contributed by atoms with Crippen LogP contribution in [0.5, 0.6) is 0 Å². The Morgan fingerprint density at radius 2 is 1.42 bits per heavy atom. The first-order chi connectivity index (χ1) is 14.4. The molecule has 0 aromatic rings. The molecular weight excluding hydrogens is 392 g/mol. The number of nitrogens with zero attached hydrogens (tertiary/aromatic N) is 1. The molecule has 0 aliphatic carbocycles. The minimum atomic E-state index is -0.317. The van der Waals surface area contributed by atoms with Crippen molar-refractivity contribution in [2.45, 2.75) is 78.7 Å². The Kier molecular flexibility index (Phi) is 15.0. The fraction of sp³-hybridized carbons (Fsp3) is 0.917. The highest BCUT2D eigenvalue weighted by Gasteiger charge is 2.29. The second-order valence-corrected chi connectivity index (χ2v) is 10.6. The minimum Gasteiger partial charge on any atom is -0.387 e. The van der Waals surface area contributed by atoms with E-state index in [0.29, 0.717) is 31.8 Å². The zero-order valence-corrected chi connectivity index (χ0v) is 21.4. The van der Waals surface area contributed by atoms with Gasteiger partial charge in [0, 0.05) is 32.4 Å².